The molecule has 1 saturated heterocycles. The van der Waals surface area contributed by atoms with Crippen LogP contribution in [0.5, 0.6) is 0 Å². The lowest BCUT2D eigenvalue weighted by Gasteiger charge is -2.12. The van der Waals surface area contributed by atoms with Gasteiger partial charge in [-0.15, -0.1) is 0 Å². The zero-order chi connectivity index (χ0) is 11.0. The van der Waals surface area contributed by atoms with E-state index in [1.165, 1.54) is 0 Å². The van der Waals surface area contributed by atoms with E-state index in [2.05, 4.69) is 17.8 Å². The fraction of sp³-hybridized carbons (Fsp3) is 0.600. The van der Waals surface area contributed by atoms with Crippen LogP contribution in [0, 0.1) is 19.8 Å². The second kappa shape index (κ2) is 3.89. The van der Waals surface area contributed by atoms with Crippen LogP contribution in [0.2, 0.25) is 0 Å². The van der Waals surface area contributed by atoms with Crippen molar-refractivity contribution in [3.05, 3.63) is 11.3 Å². The average molecular weight is 226 g/mol. The molecule has 0 radical (unpaired) electrons. The van der Waals surface area contributed by atoms with Crippen LogP contribution in [0.4, 0.5) is 5.88 Å². The van der Waals surface area contributed by atoms with E-state index >= 15 is 0 Å². The van der Waals surface area contributed by atoms with Gasteiger partial charge in [0, 0.05) is 18.5 Å². The molecule has 1 unspecified atom stereocenters. The minimum atomic E-state index is 0.105. The number of hydrogen-bond acceptors (Lipinski definition) is 4. The maximum absolute atomic E-state index is 11.7. The van der Waals surface area contributed by atoms with E-state index in [1.807, 2.05) is 13.8 Å². The number of rotatable bonds is 2. The second-order valence-corrected chi connectivity index (χ2v) is 4.32. The number of amides is 1. The van der Waals surface area contributed by atoms with Gasteiger partial charge in [0.25, 0.3) is 0 Å². The van der Waals surface area contributed by atoms with Gasteiger partial charge in [0.15, 0.2) is 0 Å². The molecule has 2 heterocycles. The normalized spacial score (nSPS) is 21.4. The van der Waals surface area contributed by atoms with Gasteiger partial charge in [0.2, 0.25) is 11.8 Å². The molecule has 82 valence electrons. The SMILES string of the molecule is Cc1noc(N2CC(CS)CC2=O)c1C. The lowest BCUT2D eigenvalue weighted by molar-refractivity contribution is -0.117. The van der Waals surface area contributed by atoms with Crippen molar-refractivity contribution in [2.45, 2.75) is 20.3 Å². The van der Waals surface area contributed by atoms with E-state index in [0.29, 0.717) is 24.8 Å². The molecule has 1 aliphatic rings. The standard InChI is InChI=1S/C10H14N2O2S/c1-6-7(2)11-14-10(6)12-4-8(5-15)3-9(12)13/h8,15H,3-5H2,1-2H3. The number of carbonyl (C=O) groups excluding carboxylic acids is 1. The Morgan fingerprint density at radius 2 is 2.33 bits per heavy atom. The molecule has 0 N–H and O–H groups in total. The van der Waals surface area contributed by atoms with Crippen molar-refractivity contribution in [3.63, 3.8) is 0 Å². The largest absolute Gasteiger partial charge is 0.338 e. The summed E-state index contributed by atoms with van der Waals surface area (Å²) in [4.78, 5) is 13.4. The molecule has 15 heavy (non-hydrogen) atoms. The van der Waals surface area contributed by atoms with Crippen LogP contribution in [-0.4, -0.2) is 23.4 Å². The highest BCUT2D eigenvalue weighted by atomic mass is 32.1. The smallest absolute Gasteiger partial charge is 0.237 e. The van der Waals surface area contributed by atoms with E-state index in [1.54, 1.807) is 4.90 Å². The van der Waals surface area contributed by atoms with Crippen LogP contribution in [0.3, 0.4) is 0 Å². The topological polar surface area (TPSA) is 46.3 Å². The molecule has 0 saturated carbocycles. The third-order valence-corrected chi connectivity index (χ3v) is 3.36. The molecule has 1 atom stereocenters. The van der Waals surface area contributed by atoms with E-state index in [4.69, 9.17) is 4.52 Å². The number of anilines is 1. The van der Waals surface area contributed by atoms with Gasteiger partial charge in [-0.1, -0.05) is 5.16 Å². The zero-order valence-electron chi connectivity index (χ0n) is 8.86. The predicted molar refractivity (Wildman–Crippen MR) is 60.3 cm³/mol. The number of aromatic nitrogens is 1. The lowest BCUT2D eigenvalue weighted by Crippen LogP contribution is -2.24. The number of carbonyl (C=O) groups is 1. The van der Waals surface area contributed by atoms with Crippen molar-refractivity contribution >= 4 is 24.4 Å². The highest BCUT2D eigenvalue weighted by Crippen LogP contribution is 2.29. The Hall–Kier alpha value is -0.970. The third-order valence-electron chi connectivity index (χ3n) is 2.84. The minimum Gasteiger partial charge on any atom is -0.338 e. The molecule has 1 amide bonds. The highest BCUT2D eigenvalue weighted by molar-refractivity contribution is 7.80. The average Bonchev–Trinajstić information content (AvgIpc) is 2.73. The van der Waals surface area contributed by atoms with Gasteiger partial charge < -0.3 is 4.52 Å². The molecule has 4 nitrogen and oxygen atoms in total. The van der Waals surface area contributed by atoms with Crippen LogP contribution in [-0.2, 0) is 4.79 Å². The minimum absolute atomic E-state index is 0.105. The van der Waals surface area contributed by atoms with E-state index in [9.17, 15) is 4.79 Å². The summed E-state index contributed by atoms with van der Waals surface area (Å²) in [6, 6.07) is 0. The highest BCUT2D eigenvalue weighted by Gasteiger charge is 2.33. The summed E-state index contributed by atoms with van der Waals surface area (Å²) in [6.45, 7) is 4.49. The number of nitrogens with zero attached hydrogens (tertiary/aromatic N) is 2. The number of thiol groups is 1. The Balaban J connectivity index is 2.25. The summed E-state index contributed by atoms with van der Waals surface area (Å²) < 4.78 is 5.17. The molecular formula is C10H14N2O2S. The first kappa shape index (κ1) is 10.5. The fourth-order valence-electron chi connectivity index (χ4n) is 1.76. The van der Waals surface area contributed by atoms with Crippen molar-refractivity contribution in [2.24, 2.45) is 5.92 Å². The molecule has 0 aromatic carbocycles. The summed E-state index contributed by atoms with van der Waals surface area (Å²) in [5.41, 5.74) is 1.79. The van der Waals surface area contributed by atoms with Gasteiger partial charge in [-0.05, 0) is 25.5 Å². The summed E-state index contributed by atoms with van der Waals surface area (Å²) in [5.74, 6) is 1.76. The van der Waals surface area contributed by atoms with Crippen LogP contribution in [0.25, 0.3) is 0 Å². The molecule has 1 aliphatic heterocycles. The van der Waals surface area contributed by atoms with Crippen molar-refractivity contribution < 1.29 is 9.32 Å². The van der Waals surface area contributed by atoms with Gasteiger partial charge in [-0.3, -0.25) is 9.69 Å². The Kier molecular flexibility index (Phi) is 2.73. The molecule has 1 aromatic rings. The van der Waals surface area contributed by atoms with Gasteiger partial charge in [0.1, 0.15) is 0 Å². The summed E-state index contributed by atoms with van der Waals surface area (Å²) >= 11 is 4.22. The maximum Gasteiger partial charge on any atom is 0.237 e. The molecule has 0 aliphatic carbocycles. The molecule has 5 heteroatoms. The summed E-state index contributed by atoms with van der Waals surface area (Å²) in [7, 11) is 0. The fourth-order valence-corrected chi connectivity index (χ4v) is 2.00. The Bertz CT molecular complexity index is 389. The first-order chi connectivity index (χ1) is 7.13. The number of aryl methyl sites for hydroxylation is 1. The molecule has 0 spiro atoms. The molecule has 1 fully saturated rings. The summed E-state index contributed by atoms with van der Waals surface area (Å²) in [5, 5.41) is 3.86. The van der Waals surface area contributed by atoms with Crippen LogP contribution in [0.15, 0.2) is 4.52 Å². The maximum atomic E-state index is 11.7. The van der Waals surface area contributed by atoms with Gasteiger partial charge in [-0.25, -0.2) is 0 Å². The zero-order valence-corrected chi connectivity index (χ0v) is 9.75. The van der Waals surface area contributed by atoms with Crippen LogP contribution < -0.4 is 4.90 Å². The van der Waals surface area contributed by atoms with E-state index in [-0.39, 0.29) is 5.91 Å². The summed E-state index contributed by atoms with van der Waals surface area (Å²) in [6.07, 6.45) is 0.558. The van der Waals surface area contributed by atoms with Crippen LogP contribution >= 0.6 is 12.6 Å². The Morgan fingerprint density at radius 1 is 1.60 bits per heavy atom. The quantitative estimate of drug-likeness (QED) is 0.779. The van der Waals surface area contributed by atoms with E-state index < -0.39 is 0 Å². The Morgan fingerprint density at radius 3 is 2.80 bits per heavy atom. The predicted octanol–water partition coefficient (Wildman–Crippen LogP) is 1.57. The molecule has 0 bridgehead atoms. The van der Waals surface area contributed by atoms with Gasteiger partial charge >= 0.3 is 0 Å². The third kappa shape index (κ3) is 1.76. The molecule has 1 aromatic heterocycles. The number of hydrogen-bond donors (Lipinski definition) is 1. The van der Waals surface area contributed by atoms with Gasteiger partial charge in [-0.2, -0.15) is 12.6 Å². The van der Waals surface area contributed by atoms with Crippen molar-refractivity contribution in [1.82, 2.24) is 5.16 Å². The van der Waals surface area contributed by atoms with Gasteiger partial charge in [0.05, 0.1) is 5.69 Å². The lowest BCUT2D eigenvalue weighted by atomic mass is 10.1. The van der Waals surface area contributed by atoms with Crippen molar-refractivity contribution in [1.29, 1.82) is 0 Å². The van der Waals surface area contributed by atoms with Crippen molar-refractivity contribution in [2.75, 3.05) is 17.2 Å². The monoisotopic (exact) mass is 226 g/mol. The second-order valence-electron chi connectivity index (χ2n) is 3.96. The first-order valence-corrected chi connectivity index (χ1v) is 5.60. The Labute approximate surface area is 94.0 Å². The first-order valence-electron chi connectivity index (χ1n) is 4.97. The van der Waals surface area contributed by atoms with Crippen molar-refractivity contribution in [3.8, 4) is 0 Å². The molecule has 2 rings (SSSR count). The van der Waals surface area contributed by atoms with E-state index in [0.717, 1.165) is 17.0 Å². The van der Waals surface area contributed by atoms with Crippen LogP contribution in [0.1, 0.15) is 17.7 Å². The molecular weight excluding hydrogens is 212 g/mol.